The van der Waals surface area contributed by atoms with E-state index >= 15 is 0 Å². The standard InChI is InChI=1S/C4H4OSe/c6-4-1-2-5-3-4/h1-3,6H. The predicted molar refractivity (Wildman–Crippen MR) is 25.5 cm³/mol. The first-order valence-electron chi connectivity index (χ1n) is 1.61. The zero-order chi connectivity index (χ0) is 4.41. The van der Waals surface area contributed by atoms with Gasteiger partial charge in [0.05, 0.1) is 0 Å². The van der Waals surface area contributed by atoms with E-state index in [9.17, 15) is 0 Å². The Morgan fingerprint density at radius 1 is 1.67 bits per heavy atom. The molecule has 0 saturated carbocycles. The zero-order valence-electron chi connectivity index (χ0n) is 3.09. The summed E-state index contributed by atoms with van der Waals surface area (Å²) in [6, 6.07) is 1.89. The Bertz CT molecular complexity index is 111. The van der Waals surface area contributed by atoms with Crippen molar-refractivity contribution in [3.63, 3.8) is 0 Å². The van der Waals surface area contributed by atoms with Crippen LogP contribution in [0.1, 0.15) is 0 Å². The molecule has 1 nitrogen and oxygen atoms in total. The SMILES string of the molecule is [SeH]c1ccoc1. The van der Waals surface area contributed by atoms with Gasteiger partial charge in [-0.1, -0.05) is 0 Å². The Morgan fingerprint density at radius 2 is 2.50 bits per heavy atom. The molecule has 0 aliphatic carbocycles. The Kier molecular flexibility index (Phi) is 0.992. The van der Waals surface area contributed by atoms with Crippen LogP contribution in [0.2, 0.25) is 0 Å². The molecule has 6 heavy (non-hydrogen) atoms. The molecule has 0 atom stereocenters. The van der Waals surface area contributed by atoms with Crippen molar-refractivity contribution in [2.45, 2.75) is 0 Å². The Labute approximate surface area is 44.2 Å². The Hall–Kier alpha value is -0.201. The van der Waals surface area contributed by atoms with Crippen LogP contribution in [-0.2, 0) is 0 Å². The van der Waals surface area contributed by atoms with Crippen LogP contribution in [0.4, 0.5) is 0 Å². The van der Waals surface area contributed by atoms with Gasteiger partial charge in [0.1, 0.15) is 0 Å². The first-order valence-corrected chi connectivity index (χ1v) is 2.54. The molecule has 1 heterocycles. The molecule has 0 N–H and O–H groups in total. The second-order valence-corrected chi connectivity index (χ2v) is 2.06. The Balaban J connectivity index is 3.05. The van der Waals surface area contributed by atoms with Gasteiger partial charge < -0.3 is 0 Å². The third kappa shape index (κ3) is 0.644. The summed E-state index contributed by atoms with van der Waals surface area (Å²) in [7, 11) is 0. The van der Waals surface area contributed by atoms with Crippen LogP contribution < -0.4 is 4.46 Å². The van der Waals surface area contributed by atoms with Crippen molar-refractivity contribution in [2.24, 2.45) is 0 Å². The monoisotopic (exact) mass is 148 g/mol. The van der Waals surface area contributed by atoms with Gasteiger partial charge in [0, 0.05) is 0 Å². The van der Waals surface area contributed by atoms with Crippen LogP contribution in [0, 0.1) is 0 Å². The van der Waals surface area contributed by atoms with Crippen LogP contribution in [0.5, 0.6) is 0 Å². The summed E-state index contributed by atoms with van der Waals surface area (Å²) in [4.78, 5) is 0. The Morgan fingerprint density at radius 3 is 2.67 bits per heavy atom. The van der Waals surface area contributed by atoms with Crippen molar-refractivity contribution in [3.8, 4) is 0 Å². The summed E-state index contributed by atoms with van der Waals surface area (Å²) in [5.41, 5.74) is 0. The summed E-state index contributed by atoms with van der Waals surface area (Å²) in [6.07, 6.45) is 3.33. The maximum atomic E-state index is 4.70. The maximum absolute atomic E-state index is 4.70. The molecule has 1 aromatic rings. The molecule has 0 bridgehead atoms. The fourth-order valence-electron chi connectivity index (χ4n) is 0.257. The molecule has 0 radical (unpaired) electrons. The van der Waals surface area contributed by atoms with E-state index in [1.54, 1.807) is 12.5 Å². The summed E-state index contributed by atoms with van der Waals surface area (Å²) < 4.78 is 5.81. The summed E-state index contributed by atoms with van der Waals surface area (Å²) in [6.45, 7) is 0. The van der Waals surface area contributed by atoms with Gasteiger partial charge in [0.25, 0.3) is 0 Å². The number of hydrogen-bond donors (Lipinski definition) is 0. The second-order valence-electron chi connectivity index (χ2n) is 0.982. The van der Waals surface area contributed by atoms with Crippen molar-refractivity contribution in [1.82, 2.24) is 0 Å². The van der Waals surface area contributed by atoms with Gasteiger partial charge in [-0.2, -0.15) is 0 Å². The third-order valence-corrected chi connectivity index (χ3v) is 1.04. The van der Waals surface area contributed by atoms with E-state index in [0.717, 1.165) is 4.46 Å². The molecule has 0 aromatic carbocycles. The van der Waals surface area contributed by atoms with E-state index < -0.39 is 0 Å². The molecule has 32 valence electrons. The van der Waals surface area contributed by atoms with Crippen molar-refractivity contribution in [1.29, 1.82) is 0 Å². The van der Waals surface area contributed by atoms with Gasteiger partial charge >= 0.3 is 43.5 Å². The molecule has 1 aromatic heterocycles. The minimum absolute atomic E-state index is 1.11. The van der Waals surface area contributed by atoms with E-state index in [0.29, 0.717) is 0 Å². The number of rotatable bonds is 0. The molecule has 0 saturated heterocycles. The van der Waals surface area contributed by atoms with Crippen molar-refractivity contribution in [2.75, 3.05) is 0 Å². The van der Waals surface area contributed by atoms with Crippen molar-refractivity contribution in [3.05, 3.63) is 18.6 Å². The zero-order valence-corrected chi connectivity index (χ0v) is 4.96. The van der Waals surface area contributed by atoms with E-state index in [1.165, 1.54) is 0 Å². The van der Waals surface area contributed by atoms with Crippen molar-refractivity contribution >= 4 is 20.5 Å². The van der Waals surface area contributed by atoms with Crippen LogP contribution in [-0.4, -0.2) is 16.0 Å². The van der Waals surface area contributed by atoms with Gasteiger partial charge in [-0.25, -0.2) is 0 Å². The minimum atomic E-state index is 1.11. The summed E-state index contributed by atoms with van der Waals surface area (Å²) in [5.74, 6) is 0. The molecule has 0 fully saturated rings. The quantitative estimate of drug-likeness (QED) is 0.463. The molecule has 0 spiro atoms. The normalized spacial score (nSPS) is 8.83. The van der Waals surface area contributed by atoms with Gasteiger partial charge in [0.15, 0.2) is 0 Å². The second kappa shape index (κ2) is 1.50. The van der Waals surface area contributed by atoms with E-state index in [1.807, 2.05) is 6.07 Å². The first-order chi connectivity index (χ1) is 2.89. The average molecular weight is 147 g/mol. The predicted octanol–water partition coefficient (Wildman–Crippen LogP) is -0.194. The van der Waals surface area contributed by atoms with Crippen LogP contribution >= 0.6 is 0 Å². The van der Waals surface area contributed by atoms with Gasteiger partial charge in [-0.05, 0) is 0 Å². The van der Waals surface area contributed by atoms with Crippen LogP contribution in [0.15, 0.2) is 23.0 Å². The molecule has 0 aliphatic heterocycles. The summed E-state index contributed by atoms with van der Waals surface area (Å²) in [5, 5.41) is 0. The molecule has 0 aliphatic rings. The van der Waals surface area contributed by atoms with Crippen LogP contribution in [0.3, 0.4) is 0 Å². The molecule has 0 unspecified atom stereocenters. The van der Waals surface area contributed by atoms with E-state index in [4.69, 9.17) is 4.42 Å². The molecule has 0 amide bonds. The summed E-state index contributed by atoms with van der Waals surface area (Å²) >= 11 is 2.39. The van der Waals surface area contributed by atoms with E-state index in [2.05, 4.69) is 16.0 Å². The number of hydrogen-bond acceptors (Lipinski definition) is 1. The topological polar surface area (TPSA) is 13.1 Å². The molecular formula is C4H4OSe. The van der Waals surface area contributed by atoms with E-state index in [-0.39, 0.29) is 0 Å². The van der Waals surface area contributed by atoms with Crippen molar-refractivity contribution < 1.29 is 4.42 Å². The molecule has 1 rings (SSSR count). The average Bonchev–Trinajstić information content (AvgIpc) is 1.86. The number of furan rings is 1. The van der Waals surface area contributed by atoms with Crippen LogP contribution in [0.25, 0.3) is 0 Å². The fraction of sp³-hybridized carbons (Fsp3) is 0. The third-order valence-electron chi connectivity index (χ3n) is 0.506. The van der Waals surface area contributed by atoms with Gasteiger partial charge in [-0.3, -0.25) is 0 Å². The molecular weight excluding hydrogens is 143 g/mol. The van der Waals surface area contributed by atoms with Gasteiger partial charge in [0.2, 0.25) is 0 Å². The molecule has 2 heteroatoms. The fourth-order valence-corrected chi connectivity index (χ4v) is 0.513. The van der Waals surface area contributed by atoms with Gasteiger partial charge in [-0.15, -0.1) is 0 Å². The first kappa shape index (κ1) is 3.97.